The van der Waals surface area contributed by atoms with Gasteiger partial charge in [0.05, 0.1) is 28.4 Å². The maximum absolute atomic E-state index is 15.9. The molecule has 8 nitrogen and oxygen atoms in total. The van der Waals surface area contributed by atoms with Crippen LogP contribution in [0.4, 0.5) is 4.39 Å². The van der Waals surface area contributed by atoms with Gasteiger partial charge in [-0.2, -0.15) is 5.26 Å². The summed E-state index contributed by atoms with van der Waals surface area (Å²) in [6.45, 7) is 1.82. The lowest BCUT2D eigenvalue weighted by Gasteiger charge is -2.35. The summed E-state index contributed by atoms with van der Waals surface area (Å²) in [6.07, 6.45) is -1.75. The highest BCUT2D eigenvalue weighted by molar-refractivity contribution is 5.85. The lowest BCUT2D eigenvalue weighted by Crippen LogP contribution is -2.40. The number of rotatable bonds is 8. The van der Waals surface area contributed by atoms with Gasteiger partial charge in [-0.15, -0.1) is 0 Å². The third-order valence-corrected chi connectivity index (χ3v) is 6.47. The van der Waals surface area contributed by atoms with E-state index in [0.29, 0.717) is 39.9 Å². The molecule has 0 aromatic heterocycles. The second kappa shape index (κ2) is 10.9. The zero-order valence-corrected chi connectivity index (χ0v) is 21.7. The summed E-state index contributed by atoms with van der Waals surface area (Å²) in [5, 5.41) is 9.69. The largest absolute Gasteiger partial charge is 0.496 e. The molecule has 3 aromatic carbocycles. The molecule has 1 aliphatic heterocycles. The minimum atomic E-state index is -3.01. The highest BCUT2D eigenvalue weighted by atomic mass is 19.1. The standard InChI is InChI=1S/C29H28FNO7/c1-17-6-9-19(10-7-17)29(30,16-31)28(32)38-26-15-21-23(35-4)13-20(33-2)14-24(21)37-27(26)18-8-11-22(34-3)25(12-18)36-5/h6-14,26-27H,15H2,1-5H3/t26-,27-,29-/m1/s1. The maximum Gasteiger partial charge on any atom is 0.364 e. The third-order valence-electron chi connectivity index (χ3n) is 6.47. The molecule has 3 aromatic rings. The zero-order chi connectivity index (χ0) is 27.4. The van der Waals surface area contributed by atoms with Gasteiger partial charge in [-0.1, -0.05) is 35.9 Å². The van der Waals surface area contributed by atoms with Crippen LogP contribution in [-0.2, 0) is 21.6 Å². The molecule has 0 amide bonds. The van der Waals surface area contributed by atoms with Crippen molar-refractivity contribution in [1.82, 2.24) is 0 Å². The predicted octanol–water partition coefficient (Wildman–Crippen LogP) is 5.01. The summed E-state index contributed by atoms with van der Waals surface area (Å²) >= 11 is 0. The monoisotopic (exact) mass is 521 g/mol. The molecule has 0 saturated carbocycles. The molecule has 0 saturated heterocycles. The molecule has 0 bridgehead atoms. The van der Waals surface area contributed by atoms with E-state index in [1.54, 1.807) is 42.5 Å². The number of hydrogen-bond acceptors (Lipinski definition) is 8. The summed E-state index contributed by atoms with van der Waals surface area (Å²) in [5.41, 5.74) is -1.07. The van der Waals surface area contributed by atoms with E-state index in [1.807, 2.05) is 6.92 Å². The first kappa shape index (κ1) is 26.6. The molecular formula is C29H28FNO7. The fourth-order valence-electron chi connectivity index (χ4n) is 4.37. The van der Waals surface area contributed by atoms with Crippen LogP contribution in [0.1, 0.15) is 28.4 Å². The molecule has 0 fully saturated rings. The number of carbonyl (C=O) groups is 1. The Morgan fingerprint density at radius 2 is 1.63 bits per heavy atom. The highest BCUT2D eigenvalue weighted by Crippen LogP contribution is 2.45. The first-order valence-corrected chi connectivity index (χ1v) is 11.8. The Morgan fingerprint density at radius 3 is 2.24 bits per heavy atom. The van der Waals surface area contributed by atoms with Gasteiger partial charge in [-0.25, -0.2) is 9.18 Å². The first-order chi connectivity index (χ1) is 18.3. The number of alkyl halides is 1. The van der Waals surface area contributed by atoms with E-state index in [4.69, 9.17) is 28.4 Å². The van der Waals surface area contributed by atoms with E-state index in [1.165, 1.54) is 46.6 Å². The number of methoxy groups -OCH3 is 4. The Bertz CT molecular complexity index is 1370. The number of nitriles is 1. The minimum Gasteiger partial charge on any atom is -0.496 e. The fourth-order valence-corrected chi connectivity index (χ4v) is 4.37. The average molecular weight is 522 g/mol. The van der Waals surface area contributed by atoms with Crippen molar-refractivity contribution in [2.45, 2.75) is 31.2 Å². The number of carbonyl (C=O) groups excluding carboxylic acids is 1. The molecule has 0 spiro atoms. The number of fused-ring (bicyclic) bond motifs is 1. The second-order valence-electron chi connectivity index (χ2n) is 8.74. The summed E-state index contributed by atoms with van der Waals surface area (Å²) < 4.78 is 49.6. The number of aryl methyl sites for hydroxylation is 1. The van der Waals surface area contributed by atoms with E-state index in [-0.39, 0.29) is 12.0 Å². The lowest BCUT2D eigenvalue weighted by molar-refractivity contribution is -0.166. The molecular weight excluding hydrogens is 493 g/mol. The Labute approximate surface area is 220 Å². The Morgan fingerprint density at radius 1 is 0.947 bits per heavy atom. The van der Waals surface area contributed by atoms with E-state index >= 15 is 4.39 Å². The van der Waals surface area contributed by atoms with Crippen molar-refractivity contribution in [3.63, 3.8) is 0 Å². The molecule has 4 rings (SSSR count). The third kappa shape index (κ3) is 4.90. The number of nitrogens with zero attached hydrogens (tertiary/aromatic N) is 1. The van der Waals surface area contributed by atoms with Crippen LogP contribution in [0, 0.1) is 18.3 Å². The van der Waals surface area contributed by atoms with Crippen molar-refractivity contribution in [3.05, 3.63) is 76.9 Å². The highest BCUT2D eigenvalue weighted by Gasteiger charge is 2.46. The van der Waals surface area contributed by atoms with Crippen LogP contribution in [0.5, 0.6) is 28.7 Å². The molecule has 0 radical (unpaired) electrons. The van der Waals surface area contributed by atoms with E-state index < -0.39 is 23.8 Å². The molecule has 0 aliphatic carbocycles. The zero-order valence-electron chi connectivity index (χ0n) is 21.7. The quantitative estimate of drug-likeness (QED) is 0.382. The minimum absolute atomic E-state index is 0.113. The molecule has 0 N–H and O–H groups in total. The normalized spacial score (nSPS) is 17.6. The van der Waals surface area contributed by atoms with Crippen LogP contribution >= 0.6 is 0 Å². The topological polar surface area (TPSA) is 96.2 Å². The Kier molecular flexibility index (Phi) is 7.62. The molecule has 198 valence electrons. The lowest BCUT2D eigenvalue weighted by atomic mass is 9.92. The van der Waals surface area contributed by atoms with Crippen molar-refractivity contribution in [1.29, 1.82) is 5.26 Å². The van der Waals surface area contributed by atoms with Crippen molar-refractivity contribution in [2.75, 3.05) is 28.4 Å². The number of hydrogen-bond donors (Lipinski definition) is 0. The van der Waals surface area contributed by atoms with Gasteiger partial charge in [-0.3, -0.25) is 0 Å². The molecule has 9 heteroatoms. The van der Waals surface area contributed by atoms with Crippen LogP contribution in [-0.4, -0.2) is 40.5 Å². The molecule has 1 aliphatic rings. The Balaban J connectivity index is 1.77. The number of ether oxygens (including phenoxy) is 6. The van der Waals surface area contributed by atoms with Gasteiger partial charge in [0, 0.05) is 35.2 Å². The summed E-state index contributed by atoms with van der Waals surface area (Å²) in [5.74, 6) is 1.02. The average Bonchev–Trinajstić information content (AvgIpc) is 2.95. The van der Waals surface area contributed by atoms with Crippen LogP contribution in [0.2, 0.25) is 0 Å². The van der Waals surface area contributed by atoms with E-state index in [0.717, 1.165) is 5.56 Å². The van der Waals surface area contributed by atoms with Crippen molar-refractivity contribution < 1.29 is 37.6 Å². The number of esters is 1. The van der Waals surface area contributed by atoms with Gasteiger partial charge in [0.2, 0.25) is 0 Å². The van der Waals surface area contributed by atoms with Gasteiger partial charge in [0.1, 0.15) is 29.4 Å². The van der Waals surface area contributed by atoms with Gasteiger partial charge in [0.25, 0.3) is 0 Å². The van der Waals surface area contributed by atoms with Crippen molar-refractivity contribution in [2.24, 2.45) is 0 Å². The van der Waals surface area contributed by atoms with Gasteiger partial charge < -0.3 is 28.4 Å². The van der Waals surface area contributed by atoms with E-state index in [2.05, 4.69) is 0 Å². The van der Waals surface area contributed by atoms with Gasteiger partial charge in [0.15, 0.2) is 17.6 Å². The van der Waals surface area contributed by atoms with Crippen LogP contribution in [0.3, 0.4) is 0 Å². The molecule has 3 atom stereocenters. The number of benzene rings is 3. The van der Waals surface area contributed by atoms with Crippen LogP contribution in [0.25, 0.3) is 0 Å². The number of halogens is 1. The van der Waals surface area contributed by atoms with Crippen LogP contribution in [0.15, 0.2) is 54.6 Å². The molecule has 0 unspecified atom stereocenters. The van der Waals surface area contributed by atoms with Gasteiger partial charge >= 0.3 is 11.6 Å². The summed E-state index contributed by atoms with van der Waals surface area (Å²) in [7, 11) is 6.03. The predicted molar refractivity (Wildman–Crippen MR) is 136 cm³/mol. The van der Waals surface area contributed by atoms with Gasteiger partial charge in [-0.05, 0) is 19.1 Å². The van der Waals surface area contributed by atoms with Crippen molar-refractivity contribution in [3.8, 4) is 34.8 Å². The first-order valence-electron chi connectivity index (χ1n) is 11.8. The Hall–Kier alpha value is -4.45. The maximum atomic E-state index is 15.9. The summed E-state index contributed by atoms with van der Waals surface area (Å²) in [4.78, 5) is 13.2. The second-order valence-corrected chi connectivity index (χ2v) is 8.74. The molecule has 38 heavy (non-hydrogen) atoms. The summed E-state index contributed by atoms with van der Waals surface area (Å²) in [6, 6.07) is 16.0. The van der Waals surface area contributed by atoms with Crippen LogP contribution < -0.4 is 23.7 Å². The SMILES string of the molecule is COc1cc(OC)c2c(c1)O[C@H](c1ccc(OC)c(OC)c1)[C@H](OC(=O)[C@@](F)(C#N)c1ccc(C)cc1)C2. The molecule has 1 heterocycles. The smallest absolute Gasteiger partial charge is 0.364 e. The fraction of sp³-hybridized carbons (Fsp3) is 0.310. The van der Waals surface area contributed by atoms with E-state index in [9.17, 15) is 10.1 Å². The van der Waals surface area contributed by atoms with Crippen molar-refractivity contribution >= 4 is 5.97 Å².